The molecule has 22 heavy (non-hydrogen) atoms. The Kier molecular flexibility index (Phi) is 6.28. The number of aliphatic hydroxyl groups excluding tert-OH is 1. The minimum atomic E-state index is -3.09. The Hall–Kier alpha value is -0.170. The standard InChI is InChI=1S/C16H32N2O3S/c1-13(2)18(15-8-4-5-9-16(15)19)12-14-7-6-10-17(11-14)22(3,20)21/h13-16,19H,4-12H2,1-3H3. The fourth-order valence-electron chi connectivity index (χ4n) is 3.98. The van der Waals surface area contributed by atoms with Crippen molar-refractivity contribution in [2.75, 3.05) is 25.9 Å². The van der Waals surface area contributed by atoms with E-state index in [-0.39, 0.29) is 12.1 Å². The van der Waals surface area contributed by atoms with Gasteiger partial charge in [0.1, 0.15) is 0 Å². The van der Waals surface area contributed by atoms with E-state index in [9.17, 15) is 13.5 Å². The number of piperidine rings is 1. The molecule has 2 aliphatic rings. The zero-order valence-corrected chi connectivity index (χ0v) is 15.1. The molecule has 1 aliphatic carbocycles. The van der Waals surface area contributed by atoms with Crippen molar-refractivity contribution in [3.63, 3.8) is 0 Å². The van der Waals surface area contributed by atoms with Crippen LogP contribution in [0.25, 0.3) is 0 Å². The number of nitrogens with zero attached hydrogens (tertiary/aromatic N) is 2. The van der Waals surface area contributed by atoms with Crippen LogP contribution in [0.2, 0.25) is 0 Å². The number of hydrogen-bond donors (Lipinski definition) is 1. The summed E-state index contributed by atoms with van der Waals surface area (Å²) in [6.45, 7) is 6.54. The molecular formula is C16H32N2O3S. The van der Waals surface area contributed by atoms with Gasteiger partial charge in [-0.15, -0.1) is 0 Å². The molecular weight excluding hydrogens is 300 g/mol. The molecule has 130 valence electrons. The van der Waals surface area contributed by atoms with Gasteiger partial charge in [0.05, 0.1) is 12.4 Å². The third-order valence-corrected chi connectivity index (χ3v) is 6.47. The van der Waals surface area contributed by atoms with E-state index in [4.69, 9.17) is 0 Å². The van der Waals surface area contributed by atoms with Crippen LogP contribution in [0.3, 0.4) is 0 Å². The molecule has 0 aromatic rings. The average molecular weight is 333 g/mol. The maximum atomic E-state index is 11.8. The Morgan fingerprint density at radius 3 is 2.45 bits per heavy atom. The molecule has 0 spiro atoms. The fourth-order valence-corrected chi connectivity index (χ4v) is 4.93. The van der Waals surface area contributed by atoms with Crippen LogP contribution < -0.4 is 0 Å². The van der Waals surface area contributed by atoms with E-state index in [1.807, 2.05) is 0 Å². The maximum absolute atomic E-state index is 11.8. The first-order valence-electron chi connectivity index (χ1n) is 8.68. The largest absolute Gasteiger partial charge is 0.391 e. The Morgan fingerprint density at radius 2 is 1.86 bits per heavy atom. The lowest BCUT2D eigenvalue weighted by Crippen LogP contribution is -2.52. The Balaban J connectivity index is 2.01. The number of rotatable bonds is 5. The van der Waals surface area contributed by atoms with Crippen molar-refractivity contribution in [2.24, 2.45) is 5.92 Å². The Labute approximate surface area is 135 Å². The van der Waals surface area contributed by atoms with Crippen molar-refractivity contribution in [3.8, 4) is 0 Å². The molecule has 1 saturated heterocycles. The monoisotopic (exact) mass is 332 g/mol. The lowest BCUT2D eigenvalue weighted by Gasteiger charge is -2.43. The van der Waals surface area contributed by atoms with E-state index >= 15 is 0 Å². The summed E-state index contributed by atoms with van der Waals surface area (Å²) in [5, 5.41) is 10.4. The van der Waals surface area contributed by atoms with Crippen LogP contribution in [0, 0.1) is 5.92 Å². The molecule has 1 saturated carbocycles. The van der Waals surface area contributed by atoms with E-state index in [1.165, 1.54) is 12.7 Å². The summed E-state index contributed by atoms with van der Waals surface area (Å²) < 4.78 is 25.2. The zero-order chi connectivity index (χ0) is 16.3. The van der Waals surface area contributed by atoms with Crippen LogP contribution in [0.1, 0.15) is 52.4 Å². The Morgan fingerprint density at radius 1 is 1.18 bits per heavy atom. The van der Waals surface area contributed by atoms with Crippen LogP contribution in [-0.4, -0.2) is 66.8 Å². The normalized spacial score (nSPS) is 31.8. The van der Waals surface area contributed by atoms with Gasteiger partial charge in [0.25, 0.3) is 0 Å². The lowest BCUT2D eigenvalue weighted by molar-refractivity contribution is -0.00652. The van der Waals surface area contributed by atoms with Crippen molar-refractivity contribution in [1.82, 2.24) is 9.21 Å². The van der Waals surface area contributed by atoms with Crippen LogP contribution in [0.4, 0.5) is 0 Å². The summed E-state index contributed by atoms with van der Waals surface area (Å²) >= 11 is 0. The number of aliphatic hydroxyl groups is 1. The molecule has 0 amide bonds. The topological polar surface area (TPSA) is 60.9 Å². The minimum absolute atomic E-state index is 0.231. The predicted molar refractivity (Wildman–Crippen MR) is 89.2 cm³/mol. The first-order valence-corrected chi connectivity index (χ1v) is 10.5. The van der Waals surface area contributed by atoms with Crippen molar-refractivity contribution in [3.05, 3.63) is 0 Å². The molecule has 3 atom stereocenters. The van der Waals surface area contributed by atoms with Gasteiger partial charge in [0.2, 0.25) is 10.0 Å². The predicted octanol–water partition coefficient (Wildman–Crippen LogP) is 1.67. The highest BCUT2D eigenvalue weighted by atomic mass is 32.2. The molecule has 0 radical (unpaired) electrons. The van der Waals surface area contributed by atoms with Crippen LogP contribution in [-0.2, 0) is 10.0 Å². The molecule has 0 bridgehead atoms. The van der Waals surface area contributed by atoms with Gasteiger partial charge in [-0.2, -0.15) is 0 Å². The van der Waals surface area contributed by atoms with E-state index in [0.717, 1.165) is 38.6 Å². The molecule has 1 aliphatic heterocycles. The first-order chi connectivity index (χ1) is 10.3. The van der Waals surface area contributed by atoms with Gasteiger partial charge in [0, 0.05) is 31.7 Å². The number of sulfonamides is 1. The van der Waals surface area contributed by atoms with E-state index in [2.05, 4.69) is 18.7 Å². The van der Waals surface area contributed by atoms with Crippen molar-refractivity contribution in [1.29, 1.82) is 0 Å². The molecule has 6 heteroatoms. The van der Waals surface area contributed by atoms with Gasteiger partial charge < -0.3 is 5.11 Å². The molecule has 1 N–H and O–H groups in total. The molecule has 1 heterocycles. The molecule has 3 unspecified atom stereocenters. The van der Waals surface area contributed by atoms with Gasteiger partial charge in [-0.1, -0.05) is 12.8 Å². The summed E-state index contributed by atoms with van der Waals surface area (Å²) in [6, 6.07) is 0.619. The SMILES string of the molecule is CC(C)N(CC1CCCN(S(C)(=O)=O)C1)C1CCCCC1O. The van der Waals surface area contributed by atoms with Gasteiger partial charge in [0.15, 0.2) is 0 Å². The van der Waals surface area contributed by atoms with Gasteiger partial charge >= 0.3 is 0 Å². The smallest absolute Gasteiger partial charge is 0.211 e. The zero-order valence-electron chi connectivity index (χ0n) is 14.2. The summed E-state index contributed by atoms with van der Waals surface area (Å²) in [6.07, 6.45) is 7.36. The van der Waals surface area contributed by atoms with E-state index in [0.29, 0.717) is 25.0 Å². The molecule has 0 aromatic carbocycles. The number of hydrogen-bond acceptors (Lipinski definition) is 4. The van der Waals surface area contributed by atoms with Crippen molar-refractivity contribution < 1.29 is 13.5 Å². The molecule has 5 nitrogen and oxygen atoms in total. The molecule has 2 rings (SSSR count). The van der Waals surface area contributed by atoms with Gasteiger partial charge in [-0.3, -0.25) is 4.90 Å². The second-order valence-electron chi connectivity index (χ2n) is 7.34. The van der Waals surface area contributed by atoms with Gasteiger partial charge in [-0.05, 0) is 45.4 Å². The Bertz CT molecular complexity index is 452. The molecule has 0 aromatic heterocycles. The van der Waals surface area contributed by atoms with Crippen LogP contribution in [0.5, 0.6) is 0 Å². The average Bonchev–Trinajstić information content (AvgIpc) is 2.45. The summed E-state index contributed by atoms with van der Waals surface area (Å²) in [7, 11) is -3.09. The van der Waals surface area contributed by atoms with Crippen molar-refractivity contribution in [2.45, 2.75) is 70.6 Å². The quantitative estimate of drug-likeness (QED) is 0.832. The minimum Gasteiger partial charge on any atom is -0.391 e. The van der Waals surface area contributed by atoms with Gasteiger partial charge in [-0.25, -0.2) is 12.7 Å². The fraction of sp³-hybridized carbons (Fsp3) is 1.00. The first kappa shape index (κ1) is 18.2. The van der Waals surface area contributed by atoms with Crippen LogP contribution >= 0.6 is 0 Å². The van der Waals surface area contributed by atoms with E-state index < -0.39 is 10.0 Å². The maximum Gasteiger partial charge on any atom is 0.211 e. The highest BCUT2D eigenvalue weighted by Gasteiger charge is 2.33. The second kappa shape index (κ2) is 7.60. The highest BCUT2D eigenvalue weighted by molar-refractivity contribution is 7.88. The van der Waals surface area contributed by atoms with Crippen LogP contribution in [0.15, 0.2) is 0 Å². The summed E-state index contributed by atoms with van der Waals surface area (Å²) in [4.78, 5) is 2.42. The van der Waals surface area contributed by atoms with E-state index in [1.54, 1.807) is 4.31 Å². The summed E-state index contributed by atoms with van der Waals surface area (Å²) in [5.41, 5.74) is 0. The third-order valence-electron chi connectivity index (χ3n) is 5.20. The molecule has 2 fully saturated rings. The summed E-state index contributed by atoms with van der Waals surface area (Å²) in [5.74, 6) is 0.375. The highest BCUT2D eigenvalue weighted by Crippen LogP contribution is 2.28. The van der Waals surface area contributed by atoms with Crippen molar-refractivity contribution >= 4 is 10.0 Å². The lowest BCUT2D eigenvalue weighted by atomic mass is 9.89. The third kappa shape index (κ3) is 4.66. The second-order valence-corrected chi connectivity index (χ2v) is 9.32.